The highest BCUT2D eigenvalue weighted by Crippen LogP contribution is 2.43. The van der Waals surface area contributed by atoms with Crippen molar-refractivity contribution in [3.05, 3.63) is 75.4 Å². The fourth-order valence-electron chi connectivity index (χ4n) is 3.45. The van der Waals surface area contributed by atoms with Crippen LogP contribution >= 0.6 is 0 Å². The molecule has 5 heteroatoms. The fraction of sp³-hybridized carbons (Fsp3) is 0.200. The van der Waals surface area contributed by atoms with Crippen molar-refractivity contribution in [3.8, 4) is 28.2 Å². The van der Waals surface area contributed by atoms with E-state index in [0.29, 0.717) is 39.2 Å². The van der Waals surface area contributed by atoms with E-state index in [2.05, 4.69) is 0 Å². The van der Waals surface area contributed by atoms with Gasteiger partial charge in [-0.2, -0.15) is 0 Å². The SMILES string of the molecule is CC.COC(=O)c1ccccc1-c1c2cc(C)c(=O)cc-2oc2cc(O)c(C)cc12. The maximum absolute atomic E-state index is 12.4. The number of methoxy groups -OCH3 is 1. The number of ether oxygens (including phenoxy) is 1. The van der Waals surface area contributed by atoms with E-state index >= 15 is 0 Å². The maximum Gasteiger partial charge on any atom is 0.338 e. The van der Waals surface area contributed by atoms with Crippen LogP contribution in [0, 0.1) is 13.8 Å². The smallest absolute Gasteiger partial charge is 0.338 e. The van der Waals surface area contributed by atoms with Crippen LogP contribution in [0.1, 0.15) is 35.3 Å². The standard InChI is InChI=1S/C23H18O5.C2H6/c1-12-8-16-20(10-18(12)24)28-21-11-19(25)13(2)9-17(21)22(16)14-6-4-5-7-15(14)23(26)27-3;1-2/h4-11,24H,1-3H3;1-2H3. The topological polar surface area (TPSA) is 76.7 Å². The molecule has 0 spiro atoms. The number of hydrogen-bond acceptors (Lipinski definition) is 5. The highest BCUT2D eigenvalue weighted by Gasteiger charge is 2.23. The number of fused-ring (bicyclic) bond motifs is 2. The third kappa shape index (κ3) is 3.54. The molecule has 154 valence electrons. The Morgan fingerprint density at radius 3 is 2.37 bits per heavy atom. The molecule has 1 aliphatic carbocycles. The van der Waals surface area contributed by atoms with E-state index in [1.165, 1.54) is 19.2 Å². The van der Waals surface area contributed by atoms with Crippen LogP contribution in [-0.4, -0.2) is 18.2 Å². The molecule has 0 atom stereocenters. The Morgan fingerprint density at radius 1 is 0.967 bits per heavy atom. The highest BCUT2D eigenvalue weighted by atomic mass is 16.5. The molecule has 0 unspecified atom stereocenters. The number of carbonyl (C=O) groups excluding carboxylic acids is 1. The van der Waals surface area contributed by atoms with Gasteiger partial charge in [-0.3, -0.25) is 4.79 Å². The molecule has 30 heavy (non-hydrogen) atoms. The Balaban J connectivity index is 0.00000124. The fourth-order valence-corrected chi connectivity index (χ4v) is 3.45. The summed E-state index contributed by atoms with van der Waals surface area (Å²) in [5, 5.41) is 10.9. The number of rotatable bonds is 2. The van der Waals surface area contributed by atoms with Crippen molar-refractivity contribution in [2.75, 3.05) is 7.11 Å². The molecule has 0 fully saturated rings. The lowest BCUT2D eigenvalue weighted by atomic mass is 9.89. The van der Waals surface area contributed by atoms with Crippen molar-refractivity contribution in [3.63, 3.8) is 0 Å². The zero-order valence-corrected chi connectivity index (χ0v) is 17.7. The van der Waals surface area contributed by atoms with Crippen LogP contribution in [0.15, 0.2) is 57.7 Å². The first-order valence-corrected chi connectivity index (χ1v) is 9.79. The predicted molar refractivity (Wildman–Crippen MR) is 118 cm³/mol. The minimum Gasteiger partial charge on any atom is -0.508 e. The molecule has 1 heterocycles. The molecular weight excluding hydrogens is 380 g/mol. The Labute approximate surface area is 174 Å². The minimum absolute atomic E-state index is 0.0947. The van der Waals surface area contributed by atoms with E-state index in [0.717, 1.165) is 10.9 Å². The van der Waals surface area contributed by atoms with Gasteiger partial charge in [0.15, 0.2) is 5.43 Å². The van der Waals surface area contributed by atoms with E-state index in [1.54, 1.807) is 32.0 Å². The van der Waals surface area contributed by atoms with Gasteiger partial charge in [-0.1, -0.05) is 32.0 Å². The monoisotopic (exact) mass is 404 g/mol. The van der Waals surface area contributed by atoms with Gasteiger partial charge in [0.1, 0.15) is 17.1 Å². The van der Waals surface area contributed by atoms with Gasteiger partial charge in [0.2, 0.25) is 0 Å². The summed E-state index contributed by atoms with van der Waals surface area (Å²) in [5.41, 5.74) is 4.09. The lowest BCUT2D eigenvalue weighted by Crippen LogP contribution is -2.07. The van der Waals surface area contributed by atoms with Crippen LogP contribution in [-0.2, 0) is 4.74 Å². The Hall–Kier alpha value is -3.60. The zero-order valence-electron chi connectivity index (χ0n) is 17.7. The first-order chi connectivity index (χ1) is 14.4. The van der Waals surface area contributed by atoms with Crippen molar-refractivity contribution in [2.24, 2.45) is 0 Å². The summed E-state index contributed by atoms with van der Waals surface area (Å²) in [4.78, 5) is 24.6. The number of esters is 1. The van der Waals surface area contributed by atoms with Crippen LogP contribution in [0.5, 0.6) is 5.75 Å². The minimum atomic E-state index is -0.453. The van der Waals surface area contributed by atoms with E-state index in [4.69, 9.17) is 9.15 Å². The lowest BCUT2D eigenvalue weighted by Gasteiger charge is -2.18. The van der Waals surface area contributed by atoms with Crippen LogP contribution in [0.2, 0.25) is 0 Å². The molecule has 0 saturated heterocycles. The van der Waals surface area contributed by atoms with Gasteiger partial charge in [0, 0.05) is 28.6 Å². The van der Waals surface area contributed by atoms with Crippen LogP contribution in [0.4, 0.5) is 0 Å². The molecule has 0 aromatic heterocycles. The van der Waals surface area contributed by atoms with E-state index in [9.17, 15) is 14.7 Å². The van der Waals surface area contributed by atoms with Crippen molar-refractivity contribution >= 4 is 16.9 Å². The Kier molecular flexibility index (Phi) is 5.92. The molecule has 2 aromatic carbocycles. The first-order valence-electron chi connectivity index (χ1n) is 9.79. The van der Waals surface area contributed by atoms with Gasteiger partial charge in [0.05, 0.1) is 12.7 Å². The predicted octanol–water partition coefficient (Wildman–Crippen LogP) is 5.70. The molecule has 0 saturated carbocycles. The van der Waals surface area contributed by atoms with Gasteiger partial charge in [-0.05, 0) is 48.7 Å². The molecule has 1 N–H and O–H groups in total. The summed E-state index contributed by atoms with van der Waals surface area (Å²) in [5.74, 6) is 0.0312. The Morgan fingerprint density at radius 2 is 1.67 bits per heavy atom. The van der Waals surface area contributed by atoms with Crippen molar-refractivity contribution in [1.82, 2.24) is 0 Å². The van der Waals surface area contributed by atoms with Gasteiger partial charge < -0.3 is 14.3 Å². The van der Waals surface area contributed by atoms with E-state index in [1.807, 2.05) is 32.0 Å². The van der Waals surface area contributed by atoms with Crippen LogP contribution < -0.4 is 5.43 Å². The zero-order chi connectivity index (χ0) is 22.0. The second-order valence-corrected chi connectivity index (χ2v) is 6.76. The van der Waals surface area contributed by atoms with Gasteiger partial charge in [-0.25, -0.2) is 4.79 Å². The Bertz CT molecular complexity index is 1270. The average Bonchev–Trinajstić information content (AvgIpc) is 2.75. The van der Waals surface area contributed by atoms with Crippen LogP contribution in [0.25, 0.3) is 33.4 Å². The molecule has 2 aliphatic rings. The largest absolute Gasteiger partial charge is 0.508 e. The van der Waals surface area contributed by atoms with E-state index < -0.39 is 5.97 Å². The summed E-state index contributed by atoms with van der Waals surface area (Å²) in [6, 6.07) is 13.7. The number of phenols is 1. The summed E-state index contributed by atoms with van der Waals surface area (Å²) in [6.45, 7) is 7.53. The second-order valence-electron chi connectivity index (χ2n) is 6.76. The average molecular weight is 404 g/mol. The van der Waals surface area contributed by atoms with Crippen molar-refractivity contribution < 1.29 is 19.1 Å². The molecule has 0 radical (unpaired) electrons. The molecule has 1 aliphatic heterocycles. The highest BCUT2D eigenvalue weighted by molar-refractivity contribution is 6.08. The summed E-state index contributed by atoms with van der Waals surface area (Å²) in [6.07, 6.45) is 0. The molecule has 2 aromatic rings. The van der Waals surface area contributed by atoms with Crippen molar-refractivity contribution in [2.45, 2.75) is 27.7 Å². The number of carbonyl (C=O) groups is 1. The third-order valence-corrected chi connectivity index (χ3v) is 4.94. The lowest BCUT2D eigenvalue weighted by molar-refractivity contribution is 0.0601. The maximum atomic E-state index is 12.4. The third-order valence-electron chi connectivity index (χ3n) is 4.94. The molecule has 0 amide bonds. The number of aromatic hydroxyl groups is 1. The van der Waals surface area contributed by atoms with E-state index in [-0.39, 0.29) is 11.2 Å². The number of phenolic OH excluding ortho intramolecular Hbond substituents is 1. The molecule has 4 rings (SSSR count). The second kappa shape index (κ2) is 8.41. The number of hydrogen-bond donors (Lipinski definition) is 1. The van der Waals surface area contributed by atoms with Crippen LogP contribution in [0.3, 0.4) is 0 Å². The summed E-state index contributed by atoms with van der Waals surface area (Å²) in [7, 11) is 1.34. The van der Waals surface area contributed by atoms with Gasteiger partial charge in [0.25, 0.3) is 0 Å². The van der Waals surface area contributed by atoms with Crippen molar-refractivity contribution in [1.29, 1.82) is 0 Å². The summed E-state index contributed by atoms with van der Waals surface area (Å²) >= 11 is 0. The number of aryl methyl sites for hydroxylation is 2. The normalized spacial score (nSPS) is 10.6. The first kappa shape index (κ1) is 21.1. The van der Waals surface area contributed by atoms with Gasteiger partial charge in [-0.15, -0.1) is 0 Å². The van der Waals surface area contributed by atoms with Gasteiger partial charge >= 0.3 is 5.97 Å². The quantitative estimate of drug-likeness (QED) is 0.342. The summed E-state index contributed by atoms with van der Waals surface area (Å²) < 4.78 is 10.9. The number of benzene rings is 3. The molecular formula is C25H24O5. The molecule has 0 bridgehead atoms. The molecule has 5 nitrogen and oxygen atoms in total.